The average Bonchev–Trinajstić information content (AvgIpc) is 1.84. The molecule has 4 nitrogen and oxygen atoms in total. The number of nitrogens with one attached hydrogen (secondary N) is 1. The zero-order chi connectivity index (χ0) is 8.04. The molecule has 10 heavy (non-hydrogen) atoms. The van der Waals surface area contributed by atoms with Crippen LogP contribution in [0.4, 0.5) is 0 Å². The Morgan fingerprint density at radius 3 is 2.60 bits per heavy atom. The van der Waals surface area contributed by atoms with Gasteiger partial charge >= 0.3 is 0 Å². The summed E-state index contributed by atoms with van der Waals surface area (Å²) in [4.78, 5) is 0. The smallest absolute Gasteiger partial charge is 0.212 e. The van der Waals surface area contributed by atoms with E-state index in [1.54, 1.807) is 13.0 Å². The maximum absolute atomic E-state index is 10.7. The third-order valence-electron chi connectivity index (χ3n) is 0.844. The van der Waals surface area contributed by atoms with Gasteiger partial charge in [-0.2, -0.15) is 5.26 Å². The van der Waals surface area contributed by atoms with Crippen LogP contribution in [0.2, 0.25) is 0 Å². The summed E-state index contributed by atoms with van der Waals surface area (Å²) in [5.41, 5.74) is 0. The molecule has 58 valence electrons. The molecule has 0 unspecified atom stereocenters. The fraction of sp³-hybridized carbons (Fsp3) is 0.800. The zero-order valence-corrected chi connectivity index (χ0v) is 6.61. The van der Waals surface area contributed by atoms with Crippen LogP contribution in [-0.2, 0) is 10.0 Å². The van der Waals surface area contributed by atoms with Crippen molar-refractivity contribution in [3.8, 4) is 6.07 Å². The molecule has 0 aliphatic rings. The third kappa shape index (κ3) is 4.30. The molecule has 0 aromatic rings. The topological polar surface area (TPSA) is 70.0 Å². The predicted octanol–water partition coefficient (Wildman–Crippen LogP) is -0.161. The molecule has 0 heterocycles. The van der Waals surface area contributed by atoms with E-state index in [2.05, 4.69) is 4.72 Å². The first-order valence-corrected chi connectivity index (χ1v) is 4.62. The van der Waals surface area contributed by atoms with Crippen molar-refractivity contribution < 1.29 is 8.42 Å². The molecule has 0 aromatic carbocycles. The maximum atomic E-state index is 10.7. The van der Waals surface area contributed by atoms with E-state index in [-0.39, 0.29) is 12.3 Å². The van der Waals surface area contributed by atoms with Gasteiger partial charge in [-0.1, -0.05) is 6.92 Å². The second-order valence-electron chi connectivity index (χ2n) is 1.80. The highest BCUT2D eigenvalue weighted by atomic mass is 32.2. The summed E-state index contributed by atoms with van der Waals surface area (Å²) in [5.74, 6) is 0.0919. The monoisotopic (exact) mass is 162 g/mol. The minimum Gasteiger partial charge on any atom is -0.212 e. The summed E-state index contributed by atoms with van der Waals surface area (Å²) in [6.45, 7) is 1.63. The third-order valence-corrected chi connectivity index (χ3v) is 2.37. The van der Waals surface area contributed by atoms with Gasteiger partial charge in [-0.25, -0.2) is 13.1 Å². The van der Waals surface area contributed by atoms with E-state index >= 15 is 0 Å². The van der Waals surface area contributed by atoms with Crippen molar-refractivity contribution in [3.63, 3.8) is 0 Å². The van der Waals surface area contributed by atoms with E-state index in [9.17, 15) is 8.42 Å². The van der Waals surface area contributed by atoms with Crippen molar-refractivity contribution in [1.82, 2.24) is 4.72 Å². The summed E-state index contributed by atoms with van der Waals surface area (Å²) < 4.78 is 23.6. The molecule has 0 bridgehead atoms. The molecule has 0 saturated heterocycles. The Kier molecular flexibility index (Phi) is 4.00. The van der Waals surface area contributed by atoms with E-state index in [4.69, 9.17) is 5.26 Å². The Bertz CT molecular complexity index is 214. The highest BCUT2D eigenvalue weighted by Crippen LogP contribution is 1.85. The van der Waals surface area contributed by atoms with Crippen molar-refractivity contribution in [3.05, 3.63) is 0 Å². The molecule has 0 rings (SSSR count). The molecular weight excluding hydrogens is 152 g/mol. The molecule has 0 saturated carbocycles. The molecule has 5 heteroatoms. The summed E-state index contributed by atoms with van der Waals surface area (Å²) in [6, 6.07) is 1.69. The van der Waals surface area contributed by atoms with Gasteiger partial charge in [0.05, 0.1) is 18.4 Å². The normalized spacial score (nSPS) is 10.8. The van der Waals surface area contributed by atoms with Crippen LogP contribution in [0, 0.1) is 11.3 Å². The molecule has 0 fully saturated rings. The van der Waals surface area contributed by atoms with Crippen molar-refractivity contribution in [2.24, 2.45) is 0 Å². The lowest BCUT2D eigenvalue weighted by molar-refractivity contribution is 0.584. The highest BCUT2D eigenvalue weighted by Gasteiger charge is 2.05. The lowest BCUT2D eigenvalue weighted by atomic mass is 10.6. The number of hydrogen-bond donors (Lipinski definition) is 1. The Hall–Kier alpha value is -0.600. The van der Waals surface area contributed by atoms with Crippen molar-refractivity contribution in [2.75, 3.05) is 12.3 Å². The van der Waals surface area contributed by atoms with Crippen LogP contribution < -0.4 is 4.72 Å². The largest absolute Gasteiger partial charge is 0.212 e. The maximum Gasteiger partial charge on any atom is 0.212 e. The molecule has 0 aliphatic carbocycles. The minimum absolute atomic E-state index is 0.0919. The van der Waals surface area contributed by atoms with E-state index in [1.165, 1.54) is 0 Å². The molecule has 0 spiro atoms. The standard InChI is InChI=1S/C5H10N2O2S/c1-2-5-10(8,9)7-4-3-6/h7H,2,4-5H2,1H3. The molecule has 0 aromatic heterocycles. The average molecular weight is 162 g/mol. The lowest BCUT2D eigenvalue weighted by Crippen LogP contribution is -2.26. The van der Waals surface area contributed by atoms with Crippen molar-refractivity contribution in [1.29, 1.82) is 5.26 Å². The summed E-state index contributed by atoms with van der Waals surface area (Å²) >= 11 is 0. The summed E-state index contributed by atoms with van der Waals surface area (Å²) in [5, 5.41) is 8.02. The first-order chi connectivity index (χ1) is 4.62. The Morgan fingerprint density at radius 1 is 1.60 bits per heavy atom. The number of rotatable bonds is 4. The first-order valence-electron chi connectivity index (χ1n) is 2.96. The molecule has 1 N–H and O–H groups in total. The van der Waals surface area contributed by atoms with Crippen molar-refractivity contribution in [2.45, 2.75) is 13.3 Å². The SMILES string of the molecule is CCCS(=O)(=O)NCC#N. The number of nitriles is 1. The minimum atomic E-state index is -3.17. The molecular formula is C5H10N2O2S. The Labute approximate surface area is 60.9 Å². The van der Waals surface area contributed by atoms with Gasteiger partial charge in [0.1, 0.15) is 0 Å². The van der Waals surface area contributed by atoms with Crippen LogP contribution >= 0.6 is 0 Å². The first kappa shape index (κ1) is 9.40. The Balaban J connectivity index is 3.80. The number of sulfonamides is 1. The second kappa shape index (κ2) is 4.25. The molecule has 0 aliphatic heterocycles. The fourth-order valence-corrected chi connectivity index (χ4v) is 1.45. The summed E-state index contributed by atoms with van der Waals surface area (Å²) in [6.07, 6.45) is 0.570. The predicted molar refractivity (Wildman–Crippen MR) is 37.7 cm³/mol. The zero-order valence-electron chi connectivity index (χ0n) is 5.79. The van der Waals surface area contributed by atoms with Crippen LogP contribution in [0.25, 0.3) is 0 Å². The Morgan fingerprint density at radius 2 is 2.20 bits per heavy atom. The van der Waals surface area contributed by atoms with E-state index < -0.39 is 10.0 Å². The van der Waals surface area contributed by atoms with E-state index in [0.717, 1.165) is 0 Å². The van der Waals surface area contributed by atoms with Gasteiger partial charge in [-0.15, -0.1) is 0 Å². The molecule has 0 atom stereocenters. The van der Waals surface area contributed by atoms with Crippen LogP contribution in [0.5, 0.6) is 0 Å². The number of hydrogen-bond acceptors (Lipinski definition) is 3. The van der Waals surface area contributed by atoms with Gasteiger partial charge in [0, 0.05) is 0 Å². The van der Waals surface area contributed by atoms with Gasteiger partial charge in [0.2, 0.25) is 10.0 Å². The van der Waals surface area contributed by atoms with Crippen LogP contribution in [0.3, 0.4) is 0 Å². The summed E-state index contributed by atoms with van der Waals surface area (Å²) in [7, 11) is -3.17. The molecule has 0 amide bonds. The van der Waals surface area contributed by atoms with E-state index in [1.807, 2.05) is 0 Å². The van der Waals surface area contributed by atoms with Crippen LogP contribution in [0.15, 0.2) is 0 Å². The number of nitrogens with zero attached hydrogens (tertiary/aromatic N) is 1. The lowest BCUT2D eigenvalue weighted by Gasteiger charge is -1.98. The van der Waals surface area contributed by atoms with Gasteiger partial charge < -0.3 is 0 Å². The van der Waals surface area contributed by atoms with Crippen LogP contribution in [-0.4, -0.2) is 20.7 Å². The molecule has 0 radical (unpaired) electrons. The quantitative estimate of drug-likeness (QED) is 0.584. The van der Waals surface area contributed by atoms with E-state index in [0.29, 0.717) is 6.42 Å². The van der Waals surface area contributed by atoms with Gasteiger partial charge in [0.15, 0.2) is 0 Å². The fourth-order valence-electron chi connectivity index (χ4n) is 0.483. The van der Waals surface area contributed by atoms with Gasteiger partial charge in [-0.3, -0.25) is 0 Å². The van der Waals surface area contributed by atoms with Crippen LogP contribution in [0.1, 0.15) is 13.3 Å². The van der Waals surface area contributed by atoms with Gasteiger partial charge in [0.25, 0.3) is 0 Å². The van der Waals surface area contributed by atoms with Crippen molar-refractivity contribution >= 4 is 10.0 Å². The highest BCUT2D eigenvalue weighted by molar-refractivity contribution is 7.89. The second-order valence-corrected chi connectivity index (χ2v) is 3.72. The van der Waals surface area contributed by atoms with Gasteiger partial charge in [-0.05, 0) is 6.42 Å².